The number of ether oxygens (including phenoxy) is 1. The number of rotatable bonds is 3. The molecule has 1 aliphatic heterocycles. The van der Waals surface area contributed by atoms with Crippen molar-refractivity contribution in [1.82, 2.24) is 0 Å². The zero-order valence-electron chi connectivity index (χ0n) is 11.9. The minimum atomic E-state index is -0.728. The van der Waals surface area contributed by atoms with Crippen molar-refractivity contribution in [2.75, 3.05) is 0 Å². The van der Waals surface area contributed by atoms with E-state index in [1.165, 1.54) is 32.1 Å². The molecule has 1 saturated heterocycles. The molecule has 0 amide bonds. The Labute approximate surface area is 115 Å². The molecular weight excluding hydrogens is 240 g/mol. The van der Waals surface area contributed by atoms with Gasteiger partial charge in [0.05, 0.1) is 6.10 Å². The molecule has 2 fully saturated rings. The molecule has 3 atom stereocenters. The van der Waals surface area contributed by atoms with Crippen LogP contribution in [0.25, 0.3) is 0 Å². The molecule has 0 bridgehead atoms. The molecule has 3 unspecified atom stereocenters. The van der Waals surface area contributed by atoms with Crippen molar-refractivity contribution in [3.8, 4) is 0 Å². The molecule has 1 saturated carbocycles. The minimum absolute atomic E-state index is 0.136. The Bertz CT molecular complexity index is 420. The van der Waals surface area contributed by atoms with E-state index in [4.69, 9.17) is 4.74 Å². The Morgan fingerprint density at radius 3 is 2.68 bits per heavy atom. The highest BCUT2D eigenvalue weighted by Crippen LogP contribution is 2.54. The largest absolute Gasteiger partial charge is 0.478 e. The van der Waals surface area contributed by atoms with Gasteiger partial charge in [0.25, 0.3) is 0 Å². The maximum Gasteiger partial charge on any atom is 0.331 e. The molecule has 0 aromatic carbocycles. The van der Waals surface area contributed by atoms with Crippen LogP contribution in [-0.2, 0) is 9.53 Å². The van der Waals surface area contributed by atoms with Crippen molar-refractivity contribution >= 4 is 5.97 Å². The van der Waals surface area contributed by atoms with Crippen LogP contribution in [0.5, 0.6) is 0 Å². The van der Waals surface area contributed by atoms with Crippen LogP contribution in [0.15, 0.2) is 11.1 Å². The number of fused-ring (bicyclic) bond motifs is 1. The molecule has 0 aromatic rings. The predicted molar refractivity (Wildman–Crippen MR) is 72.9 cm³/mol. The van der Waals surface area contributed by atoms with Gasteiger partial charge in [-0.2, -0.15) is 0 Å². The first-order chi connectivity index (χ1) is 9.02. The number of carboxylic acids is 1. The molecule has 3 heteroatoms. The van der Waals surface area contributed by atoms with Crippen LogP contribution < -0.4 is 0 Å². The third-order valence-electron chi connectivity index (χ3n) is 5.38. The highest BCUT2D eigenvalue weighted by molar-refractivity contribution is 5.89. The van der Waals surface area contributed by atoms with Gasteiger partial charge in [-0.1, -0.05) is 39.0 Å². The van der Waals surface area contributed by atoms with Crippen molar-refractivity contribution in [2.24, 2.45) is 11.8 Å². The van der Waals surface area contributed by atoms with Gasteiger partial charge in [0.1, 0.15) is 5.60 Å². The van der Waals surface area contributed by atoms with E-state index in [0.717, 1.165) is 18.4 Å². The van der Waals surface area contributed by atoms with Crippen molar-refractivity contribution in [3.63, 3.8) is 0 Å². The lowest BCUT2D eigenvalue weighted by atomic mass is 9.73. The third-order valence-corrected chi connectivity index (χ3v) is 5.38. The zero-order chi connectivity index (χ0) is 13.6. The molecule has 1 heterocycles. The van der Waals surface area contributed by atoms with Gasteiger partial charge < -0.3 is 9.84 Å². The monoisotopic (exact) mass is 264 g/mol. The van der Waals surface area contributed by atoms with Crippen LogP contribution in [0.1, 0.15) is 58.8 Å². The van der Waals surface area contributed by atoms with Gasteiger partial charge in [-0.05, 0) is 37.2 Å². The molecule has 0 aromatic heterocycles. The van der Waals surface area contributed by atoms with E-state index in [9.17, 15) is 9.90 Å². The molecule has 19 heavy (non-hydrogen) atoms. The standard InChI is InChI=1S/C16H24O3/c1-10-8-13-16(2,19-13)12(14(10)15(17)18)9-11-6-4-3-5-7-11/h10-11,13H,3-9H2,1-2H3,(H,17,18). The fourth-order valence-electron chi connectivity index (χ4n) is 4.14. The van der Waals surface area contributed by atoms with E-state index in [1.807, 2.05) is 6.92 Å². The first-order valence-electron chi connectivity index (χ1n) is 7.67. The first kappa shape index (κ1) is 13.2. The molecule has 106 valence electrons. The summed E-state index contributed by atoms with van der Waals surface area (Å²) >= 11 is 0. The number of hydrogen-bond acceptors (Lipinski definition) is 2. The lowest BCUT2D eigenvalue weighted by Crippen LogP contribution is -2.30. The van der Waals surface area contributed by atoms with Crippen LogP contribution in [0.4, 0.5) is 0 Å². The quantitative estimate of drug-likeness (QED) is 0.793. The Morgan fingerprint density at radius 1 is 1.37 bits per heavy atom. The van der Waals surface area contributed by atoms with Crippen molar-refractivity contribution in [2.45, 2.75) is 70.5 Å². The molecule has 3 nitrogen and oxygen atoms in total. The van der Waals surface area contributed by atoms with Crippen LogP contribution in [0, 0.1) is 11.8 Å². The van der Waals surface area contributed by atoms with Crippen LogP contribution >= 0.6 is 0 Å². The zero-order valence-corrected chi connectivity index (χ0v) is 11.9. The summed E-state index contributed by atoms with van der Waals surface area (Å²) in [5.74, 6) is 0.0789. The Kier molecular flexibility index (Phi) is 3.20. The second-order valence-electron chi connectivity index (χ2n) is 6.76. The summed E-state index contributed by atoms with van der Waals surface area (Å²) < 4.78 is 5.85. The molecule has 3 rings (SSSR count). The van der Waals surface area contributed by atoms with E-state index in [0.29, 0.717) is 11.5 Å². The summed E-state index contributed by atoms with van der Waals surface area (Å²) in [6, 6.07) is 0. The van der Waals surface area contributed by atoms with E-state index in [-0.39, 0.29) is 17.6 Å². The van der Waals surface area contributed by atoms with Gasteiger partial charge in [0.2, 0.25) is 0 Å². The Hall–Kier alpha value is -0.830. The fraction of sp³-hybridized carbons (Fsp3) is 0.812. The normalized spacial score (nSPS) is 39.1. The highest BCUT2D eigenvalue weighted by Gasteiger charge is 2.59. The third kappa shape index (κ3) is 2.22. The van der Waals surface area contributed by atoms with E-state index < -0.39 is 5.97 Å². The Morgan fingerprint density at radius 2 is 2.05 bits per heavy atom. The lowest BCUT2D eigenvalue weighted by Gasteiger charge is -2.29. The highest BCUT2D eigenvalue weighted by atomic mass is 16.6. The molecular formula is C16H24O3. The molecule has 1 N–H and O–H groups in total. The Balaban J connectivity index is 1.88. The molecule has 2 aliphatic carbocycles. The summed E-state index contributed by atoms with van der Waals surface area (Å²) in [6.45, 7) is 4.12. The van der Waals surface area contributed by atoms with Gasteiger partial charge >= 0.3 is 5.97 Å². The summed E-state index contributed by atoms with van der Waals surface area (Å²) in [7, 11) is 0. The first-order valence-corrected chi connectivity index (χ1v) is 7.67. The maximum atomic E-state index is 11.6. The van der Waals surface area contributed by atoms with Gasteiger partial charge in [-0.15, -0.1) is 0 Å². The number of carbonyl (C=O) groups is 1. The predicted octanol–water partition coefficient (Wildman–Crippen LogP) is 3.54. The number of aliphatic carboxylic acids is 1. The van der Waals surface area contributed by atoms with E-state index in [1.54, 1.807) is 0 Å². The van der Waals surface area contributed by atoms with Crippen LogP contribution in [0.2, 0.25) is 0 Å². The topological polar surface area (TPSA) is 49.8 Å². The summed E-state index contributed by atoms with van der Waals surface area (Å²) in [5, 5.41) is 9.55. The second-order valence-corrected chi connectivity index (χ2v) is 6.76. The van der Waals surface area contributed by atoms with E-state index >= 15 is 0 Å². The van der Waals surface area contributed by atoms with Crippen molar-refractivity contribution in [1.29, 1.82) is 0 Å². The van der Waals surface area contributed by atoms with Crippen LogP contribution in [0.3, 0.4) is 0 Å². The minimum Gasteiger partial charge on any atom is -0.478 e. The van der Waals surface area contributed by atoms with E-state index in [2.05, 4.69) is 6.92 Å². The van der Waals surface area contributed by atoms with Crippen molar-refractivity contribution in [3.05, 3.63) is 11.1 Å². The molecule has 0 radical (unpaired) electrons. The summed E-state index contributed by atoms with van der Waals surface area (Å²) in [4.78, 5) is 11.6. The average molecular weight is 264 g/mol. The van der Waals surface area contributed by atoms with Gasteiger partial charge in [-0.3, -0.25) is 0 Å². The molecule has 0 spiro atoms. The van der Waals surface area contributed by atoms with Crippen LogP contribution in [-0.4, -0.2) is 22.8 Å². The number of epoxide rings is 1. The summed E-state index contributed by atoms with van der Waals surface area (Å²) in [5.41, 5.74) is 1.51. The fourth-order valence-corrected chi connectivity index (χ4v) is 4.14. The van der Waals surface area contributed by atoms with Gasteiger partial charge in [0.15, 0.2) is 0 Å². The SMILES string of the molecule is CC1CC2OC2(C)C(CC2CCCCC2)=C1C(=O)O. The van der Waals surface area contributed by atoms with Crippen molar-refractivity contribution < 1.29 is 14.6 Å². The maximum absolute atomic E-state index is 11.6. The van der Waals surface area contributed by atoms with Gasteiger partial charge in [0, 0.05) is 5.57 Å². The summed E-state index contributed by atoms with van der Waals surface area (Å²) in [6.07, 6.45) is 8.54. The second kappa shape index (κ2) is 4.62. The lowest BCUT2D eigenvalue weighted by molar-refractivity contribution is -0.133. The molecule has 3 aliphatic rings. The number of carboxylic acid groups (broad SMARTS) is 1. The number of hydrogen-bond donors (Lipinski definition) is 1. The smallest absolute Gasteiger partial charge is 0.331 e. The van der Waals surface area contributed by atoms with Gasteiger partial charge in [-0.25, -0.2) is 4.79 Å². The average Bonchev–Trinajstić information content (AvgIpc) is 3.02.